The van der Waals surface area contributed by atoms with Gasteiger partial charge < -0.3 is 4.90 Å². The third kappa shape index (κ3) is 3.04. The first-order valence-corrected chi connectivity index (χ1v) is 9.45. The maximum atomic E-state index is 13.2. The normalized spacial score (nSPS) is 11.0. The Labute approximate surface area is 168 Å². The largest absolute Gasteiger partial charge is 0.309 e. The predicted octanol–water partition coefficient (Wildman–Crippen LogP) is 5.05. The van der Waals surface area contributed by atoms with Gasteiger partial charge in [-0.15, -0.1) is 0 Å². The molecule has 0 fully saturated rings. The van der Waals surface area contributed by atoms with Crippen molar-refractivity contribution in [2.24, 2.45) is 0 Å². The van der Waals surface area contributed by atoms with Crippen LogP contribution in [0, 0.1) is 6.92 Å². The van der Waals surface area contributed by atoms with E-state index in [1.165, 1.54) is 0 Å². The summed E-state index contributed by atoms with van der Waals surface area (Å²) in [5.74, 6) is -0.181. The second-order valence-corrected chi connectivity index (χ2v) is 6.78. The number of benzene rings is 2. The first kappa shape index (κ1) is 18.2. The van der Waals surface area contributed by atoms with Crippen molar-refractivity contribution in [3.8, 4) is 5.69 Å². The van der Waals surface area contributed by atoms with Crippen molar-refractivity contribution < 1.29 is 4.79 Å². The van der Waals surface area contributed by atoms with Crippen molar-refractivity contribution in [3.63, 3.8) is 0 Å². The first-order valence-electron chi connectivity index (χ1n) is 9.08. The summed E-state index contributed by atoms with van der Waals surface area (Å²) in [7, 11) is 0. The molecule has 0 radical (unpaired) electrons. The van der Waals surface area contributed by atoms with Crippen LogP contribution >= 0.6 is 11.6 Å². The summed E-state index contributed by atoms with van der Waals surface area (Å²) < 4.78 is 1.75. The van der Waals surface area contributed by atoms with Gasteiger partial charge in [0.1, 0.15) is 0 Å². The minimum absolute atomic E-state index is 0.181. The van der Waals surface area contributed by atoms with E-state index >= 15 is 0 Å². The SMILES string of the molecule is CCN(C(=O)c1cnc2c(c(C)nn2-c2ccccc2)c1Cl)c1ccccc1. The van der Waals surface area contributed by atoms with Crippen LogP contribution in [0.25, 0.3) is 16.7 Å². The number of pyridine rings is 1. The number of halogens is 1. The topological polar surface area (TPSA) is 51.0 Å². The van der Waals surface area contributed by atoms with Gasteiger partial charge in [0.25, 0.3) is 5.91 Å². The molecule has 1 amide bonds. The second kappa shape index (κ2) is 7.44. The van der Waals surface area contributed by atoms with Gasteiger partial charge in [0.15, 0.2) is 5.65 Å². The standard InChI is InChI=1S/C22H19ClN4O/c1-3-26(16-10-6-4-7-11-16)22(28)18-14-24-21-19(20(18)23)15(2)25-27(21)17-12-8-5-9-13-17/h4-14H,3H2,1-2H3. The summed E-state index contributed by atoms with van der Waals surface area (Å²) >= 11 is 6.69. The van der Waals surface area contributed by atoms with Crippen LogP contribution in [-0.2, 0) is 0 Å². The molecule has 6 heteroatoms. The Morgan fingerprint density at radius 3 is 2.36 bits per heavy atom. The summed E-state index contributed by atoms with van der Waals surface area (Å²) in [4.78, 5) is 19.4. The fourth-order valence-electron chi connectivity index (χ4n) is 3.30. The summed E-state index contributed by atoms with van der Waals surface area (Å²) in [5, 5.41) is 5.66. The Morgan fingerprint density at radius 1 is 1.07 bits per heavy atom. The molecule has 0 aliphatic heterocycles. The zero-order valence-electron chi connectivity index (χ0n) is 15.6. The molecular formula is C22H19ClN4O. The number of anilines is 1. The van der Waals surface area contributed by atoms with Gasteiger partial charge in [0.05, 0.1) is 27.4 Å². The smallest absolute Gasteiger partial charge is 0.261 e. The Bertz CT molecular complexity index is 1140. The molecule has 0 saturated carbocycles. The Kier molecular flexibility index (Phi) is 4.84. The van der Waals surface area contributed by atoms with Crippen molar-refractivity contribution in [1.29, 1.82) is 0 Å². The van der Waals surface area contributed by atoms with Crippen LogP contribution in [0.15, 0.2) is 66.9 Å². The van der Waals surface area contributed by atoms with Crippen LogP contribution < -0.4 is 4.90 Å². The highest BCUT2D eigenvalue weighted by atomic mass is 35.5. The highest BCUT2D eigenvalue weighted by Gasteiger charge is 2.23. The van der Waals surface area contributed by atoms with Crippen molar-refractivity contribution in [3.05, 3.63) is 83.1 Å². The summed E-state index contributed by atoms with van der Waals surface area (Å²) in [5.41, 5.74) is 3.45. The molecule has 2 heterocycles. The average Bonchev–Trinajstić information content (AvgIpc) is 3.07. The van der Waals surface area contributed by atoms with E-state index in [1.54, 1.807) is 15.8 Å². The van der Waals surface area contributed by atoms with Gasteiger partial charge in [0, 0.05) is 18.4 Å². The summed E-state index contributed by atoms with van der Waals surface area (Å²) in [6.45, 7) is 4.33. The number of carbonyl (C=O) groups is 1. The molecule has 5 nitrogen and oxygen atoms in total. The van der Waals surface area contributed by atoms with E-state index in [0.717, 1.165) is 17.1 Å². The third-order valence-corrected chi connectivity index (χ3v) is 5.06. The number of hydrogen-bond donors (Lipinski definition) is 0. The predicted molar refractivity (Wildman–Crippen MR) is 112 cm³/mol. The average molecular weight is 391 g/mol. The van der Waals surface area contributed by atoms with E-state index in [2.05, 4.69) is 10.1 Å². The third-order valence-electron chi connectivity index (χ3n) is 4.67. The van der Waals surface area contributed by atoms with Gasteiger partial charge in [-0.25, -0.2) is 9.67 Å². The van der Waals surface area contributed by atoms with Crippen LogP contribution in [-0.4, -0.2) is 27.2 Å². The highest BCUT2D eigenvalue weighted by Crippen LogP contribution is 2.31. The molecule has 0 saturated heterocycles. The van der Waals surface area contributed by atoms with Gasteiger partial charge in [-0.2, -0.15) is 5.10 Å². The van der Waals surface area contributed by atoms with E-state index in [1.807, 2.05) is 74.5 Å². The maximum Gasteiger partial charge on any atom is 0.261 e. The van der Waals surface area contributed by atoms with Gasteiger partial charge in [-0.05, 0) is 38.1 Å². The van der Waals surface area contributed by atoms with Crippen LogP contribution in [0.2, 0.25) is 5.02 Å². The number of aryl methyl sites for hydroxylation is 1. The minimum atomic E-state index is -0.181. The molecule has 0 atom stereocenters. The Balaban J connectivity index is 1.83. The molecule has 4 rings (SSSR count). The van der Waals surface area contributed by atoms with Gasteiger partial charge in [0.2, 0.25) is 0 Å². The van der Waals surface area contributed by atoms with E-state index in [9.17, 15) is 4.79 Å². The fraction of sp³-hybridized carbons (Fsp3) is 0.136. The lowest BCUT2D eigenvalue weighted by molar-refractivity contribution is 0.0988. The molecule has 28 heavy (non-hydrogen) atoms. The number of nitrogens with zero attached hydrogens (tertiary/aromatic N) is 4. The molecule has 0 spiro atoms. The Hall–Kier alpha value is -3.18. The molecule has 140 valence electrons. The number of amides is 1. The minimum Gasteiger partial charge on any atom is -0.309 e. The van der Waals surface area contributed by atoms with E-state index < -0.39 is 0 Å². The molecule has 0 bridgehead atoms. The maximum absolute atomic E-state index is 13.2. The molecule has 4 aromatic rings. The second-order valence-electron chi connectivity index (χ2n) is 6.40. The van der Waals surface area contributed by atoms with Crippen molar-refractivity contribution >= 4 is 34.2 Å². The van der Waals surface area contributed by atoms with Crippen LogP contribution in [0.4, 0.5) is 5.69 Å². The lowest BCUT2D eigenvalue weighted by Crippen LogP contribution is -2.31. The van der Waals surface area contributed by atoms with Crippen molar-refractivity contribution in [1.82, 2.24) is 14.8 Å². The highest BCUT2D eigenvalue weighted by molar-refractivity contribution is 6.39. The summed E-state index contributed by atoms with van der Waals surface area (Å²) in [6.07, 6.45) is 1.54. The van der Waals surface area contributed by atoms with E-state index in [0.29, 0.717) is 28.2 Å². The number of fused-ring (bicyclic) bond motifs is 1. The van der Waals surface area contributed by atoms with E-state index in [-0.39, 0.29) is 5.91 Å². The van der Waals surface area contributed by atoms with Gasteiger partial charge >= 0.3 is 0 Å². The molecular weight excluding hydrogens is 372 g/mol. The monoisotopic (exact) mass is 390 g/mol. The van der Waals surface area contributed by atoms with Crippen LogP contribution in [0.1, 0.15) is 23.0 Å². The van der Waals surface area contributed by atoms with Gasteiger partial charge in [-0.3, -0.25) is 4.79 Å². The van der Waals surface area contributed by atoms with Crippen LogP contribution in [0.3, 0.4) is 0 Å². The van der Waals surface area contributed by atoms with Crippen molar-refractivity contribution in [2.75, 3.05) is 11.4 Å². The van der Waals surface area contributed by atoms with Crippen LogP contribution in [0.5, 0.6) is 0 Å². The van der Waals surface area contributed by atoms with Crippen molar-refractivity contribution in [2.45, 2.75) is 13.8 Å². The quantitative estimate of drug-likeness (QED) is 0.490. The number of carbonyl (C=O) groups excluding carboxylic acids is 1. The van der Waals surface area contributed by atoms with Gasteiger partial charge in [-0.1, -0.05) is 48.0 Å². The number of hydrogen-bond acceptors (Lipinski definition) is 3. The fourth-order valence-corrected chi connectivity index (χ4v) is 3.65. The molecule has 0 aliphatic rings. The lowest BCUT2D eigenvalue weighted by atomic mass is 10.1. The molecule has 0 N–H and O–H groups in total. The Morgan fingerprint density at radius 2 is 1.71 bits per heavy atom. The molecule has 2 aromatic heterocycles. The number of rotatable bonds is 4. The zero-order chi connectivity index (χ0) is 19.7. The molecule has 0 aliphatic carbocycles. The number of para-hydroxylation sites is 2. The molecule has 2 aromatic carbocycles. The first-order chi connectivity index (χ1) is 13.6. The van der Waals surface area contributed by atoms with E-state index in [4.69, 9.17) is 11.6 Å². The summed E-state index contributed by atoms with van der Waals surface area (Å²) in [6, 6.07) is 19.3. The molecule has 0 unspecified atom stereocenters. The number of aromatic nitrogens is 3. The zero-order valence-corrected chi connectivity index (χ0v) is 16.4. The lowest BCUT2D eigenvalue weighted by Gasteiger charge is -2.21.